The Morgan fingerprint density at radius 1 is 1.21 bits per heavy atom. The number of ether oxygens (including phenoxy) is 1. The summed E-state index contributed by atoms with van der Waals surface area (Å²) in [6.45, 7) is 11.7. The van der Waals surface area contributed by atoms with Gasteiger partial charge in [0, 0.05) is 0 Å². The Labute approximate surface area is 117 Å². The maximum absolute atomic E-state index is 9.54. The van der Waals surface area contributed by atoms with Gasteiger partial charge in [0.25, 0.3) is 0 Å². The van der Waals surface area contributed by atoms with E-state index in [9.17, 15) is 5.11 Å². The first-order valence-electron chi connectivity index (χ1n) is 6.99. The molecule has 1 aromatic carbocycles. The molecule has 3 nitrogen and oxygen atoms in total. The van der Waals surface area contributed by atoms with Crippen molar-refractivity contribution in [3.05, 3.63) is 28.8 Å². The van der Waals surface area contributed by atoms with E-state index in [0.717, 1.165) is 24.3 Å². The van der Waals surface area contributed by atoms with E-state index in [1.165, 1.54) is 11.1 Å². The van der Waals surface area contributed by atoms with Crippen LogP contribution in [0.4, 0.5) is 0 Å². The lowest BCUT2D eigenvalue weighted by atomic mass is 10.0. The van der Waals surface area contributed by atoms with Gasteiger partial charge in [-0.05, 0) is 57.4 Å². The van der Waals surface area contributed by atoms with E-state index < -0.39 is 5.54 Å². The lowest BCUT2D eigenvalue weighted by Crippen LogP contribution is -2.50. The number of aliphatic hydroxyl groups is 1. The van der Waals surface area contributed by atoms with Crippen LogP contribution in [0.1, 0.15) is 37.0 Å². The Kier molecular flexibility index (Phi) is 5.83. The van der Waals surface area contributed by atoms with Crippen LogP contribution >= 0.6 is 0 Å². The third kappa shape index (κ3) is 4.22. The largest absolute Gasteiger partial charge is 0.491 e. The third-order valence-corrected chi connectivity index (χ3v) is 3.56. The number of aryl methyl sites for hydroxylation is 2. The molecule has 0 aliphatic rings. The van der Waals surface area contributed by atoms with E-state index in [1.54, 1.807) is 0 Å². The zero-order valence-electron chi connectivity index (χ0n) is 12.8. The fourth-order valence-corrected chi connectivity index (χ4v) is 1.96. The first-order valence-corrected chi connectivity index (χ1v) is 6.99. The van der Waals surface area contributed by atoms with Crippen LogP contribution in [0.3, 0.4) is 0 Å². The highest BCUT2D eigenvalue weighted by atomic mass is 16.5. The molecule has 0 aliphatic carbocycles. The first kappa shape index (κ1) is 16.0. The van der Waals surface area contributed by atoms with Gasteiger partial charge in [-0.3, -0.25) is 0 Å². The summed E-state index contributed by atoms with van der Waals surface area (Å²) < 4.78 is 5.98. The van der Waals surface area contributed by atoms with Crippen LogP contribution in [0.2, 0.25) is 0 Å². The van der Waals surface area contributed by atoms with Gasteiger partial charge in [-0.1, -0.05) is 19.1 Å². The second-order valence-corrected chi connectivity index (χ2v) is 5.59. The summed E-state index contributed by atoms with van der Waals surface area (Å²) in [5, 5.41) is 12.9. The molecule has 0 aromatic heterocycles. The molecule has 19 heavy (non-hydrogen) atoms. The average Bonchev–Trinajstić information content (AvgIpc) is 2.41. The van der Waals surface area contributed by atoms with Crippen molar-refractivity contribution in [1.29, 1.82) is 0 Å². The predicted octanol–water partition coefficient (Wildman–Crippen LogP) is 2.74. The molecule has 0 spiro atoms. The molecule has 108 valence electrons. The van der Waals surface area contributed by atoms with Crippen LogP contribution in [-0.2, 0) is 0 Å². The molecule has 1 atom stereocenters. The molecule has 1 unspecified atom stereocenters. The maximum atomic E-state index is 9.54. The Bertz CT molecular complexity index is 417. The van der Waals surface area contributed by atoms with Crippen molar-refractivity contribution in [2.24, 2.45) is 0 Å². The minimum atomic E-state index is -0.390. The van der Waals surface area contributed by atoms with E-state index in [0.29, 0.717) is 6.61 Å². The van der Waals surface area contributed by atoms with E-state index >= 15 is 0 Å². The minimum Gasteiger partial charge on any atom is -0.491 e. The molecule has 0 saturated carbocycles. The molecule has 0 radical (unpaired) electrons. The highest BCUT2D eigenvalue weighted by Crippen LogP contribution is 2.26. The molecular weight excluding hydrogens is 238 g/mol. The topological polar surface area (TPSA) is 41.5 Å². The number of hydrogen-bond donors (Lipinski definition) is 2. The van der Waals surface area contributed by atoms with Gasteiger partial charge >= 0.3 is 0 Å². The number of benzene rings is 1. The van der Waals surface area contributed by atoms with Gasteiger partial charge in [0.2, 0.25) is 0 Å². The molecule has 0 aliphatic heterocycles. The number of nitrogens with one attached hydrogen (secondary N) is 1. The highest BCUT2D eigenvalue weighted by Gasteiger charge is 2.24. The van der Waals surface area contributed by atoms with Gasteiger partial charge in [0.05, 0.1) is 12.1 Å². The van der Waals surface area contributed by atoms with E-state index in [4.69, 9.17) is 4.74 Å². The molecule has 1 aromatic rings. The van der Waals surface area contributed by atoms with Crippen LogP contribution in [0, 0.1) is 20.8 Å². The summed E-state index contributed by atoms with van der Waals surface area (Å²) in [6.07, 6.45) is 1.04. The standard InChI is InChI=1S/C16H27NO2/c1-6-9-17-16(5,10-18)11-19-15-13(3)8-7-12(2)14(15)4/h7-8,17-18H,6,9-11H2,1-5H3. The lowest BCUT2D eigenvalue weighted by molar-refractivity contribution is 0.115. The summed E-state index contributed by atoms with van der Waals surface area (Å²) in [5.74, 6) is 0.943. The van der Waals surface area contributed by atoms with E-state index in [2.05, 4.69) is 45.1 Å². The van der Waals surface area contributed by atoms with Crippen LogP contribution in [0.25, 0.3) is 0 Å². The van der Waals surface area contributed by atoms with Crippen LogP contribution < -0.4 is 10.1 Å². The summed E-state index contributed by atoms with van der Waals surface area (Å²) in [6, 6.07) is 4.19. The molecular formula is C16H27NO2. The number of hydrogen-bond acceptors (Lipinski definition) is 3. The van der Waals surface area contributed by atoms with Crippen molar-refractivity contribution in [2.45, 2.75) is 46.6 Å². The molecule has 1 rings (SSSR count). The average molecular weight is 265 g/mol. The van der Waals surface area contributed by atoms with Gasteiger partial charge in [0.15, 0.2) is 0 Å². The van der Waals surface area contributed by atoms with Crippen molar-refractivity contribution in [2.75, 3.05) is 19.8 Å². The molecule has 0 heterocycles. The number of rotatable bonds is 7. The second-order valence-electron chi connectivity index (χ2n) is 5.59. The Morgan fingerprint density at radius 2 is 1.84 bits per heavy atom. The second kappa shape index (κ2) is 6.92. The quantitative estimate of drug-likeness (QED) is 0.796. The zero-order valence-corrected chi connectivity index (χ0v) is 12.8. The monoisotopic (exact) mass is 265 g/mol. The van der Waals surface area contributed by atoms with Crippen LogP contribution in [0.15, 0.2) is 12.1 Å². The Morgan fingerprint density at radius 3 is 2.42 bits per heavy atom. The summed E-state index contributed by atoms with van der Waals surface area (Å²) >= 11 is 0. The molecule has 0 amide bonds. The van der Waals surface area contributed by atoms with Gasteiger partial charge in [-0.2, -0.15) is 0 Å². The summed E-state index contributed by atoms with van der Waals surface area (Å²) in [5.41, 5.74) is 3.15. The van der Waals surface area contributed by atoms with E-state index in [1.807, 2.05) is 6.92 Å². The third-order valence-electron chi connectivity index (χ3n) is 3.56. The fourth-order valence-electron chi connectivity index (χ4n) is 1.96. The SMILES string of the molecule is CCCNC(C)(CO)COc1c(C)ccc(C)c1C. The zero-order chi connectivity index (χ0) is 14.5. The Hall–Kier alpha value is -1.06. The van der Waals surface area contributed by atoms with Gasteiger partial charge < -0.3 is 15.2 Å². The van der Waals surface area contributed by atoms with Gasteiger partial charge in [0.1, 0.15) is 12.4 Å². The summed E-state index contributed by atoms with van der Waals surface area (Å²) in [4.78, 5) is 0. The van der Waals surface area contributed by atoms with E-state index in [-0.39, 0.29) is 6.61 Å². The number of aliphatic hydroxyl groups excluding tert-OH is 1. The Balaban J connectivity index is 2.77. The fraction of sp³-hybridized carbons (Fsp3) is 0.625. The summed E-state index contributed by atoms with van der Waals surface area (Å²) in [7, 11) is 0. The van der Waals surface area contributed by atoms with Crippen molar-refractivity contribution >= 4 is 0 Å². The van der Waals surface area contributed by atoms with Crippen molar-refractivity contribution < 1.29 is 9.84 Å². The predicted molar refractivity (Wildman–Crippen MR) is 79.9 cm³/mol. The highest BCUT2D eigenvalue weighted by molar-refractivity contribution is 5.44. The smallest absolute Gasteiger partial charge is 0.125 e. The molecule has 0 bridgehead atoms. The molecule has 2 N–H and O–H groups in total. The normalized spacial score (nSPS) is 14.2. The maximum Gasteiger partial charge on any atom is 0.125 e. The van der Waals surface area contributed by atoms with Gasteiger partial charge in [-0.25, -0.2) is 0 Å². The van der Waals surface area contributed by atoms with Gasteiger partial charge in [-0.15, -0.1) is 0 Å². The van der Waals surface area contributed by atoms with Crippen molar-refractivity contribution in [1.82, 2.24) is 5.32 Å². The lowest BCUT2D eigenvalue weighted by Gasteiger charge is -2.29. The van der Waals surface area contributed by atoms with Crippen LogP contribution in [0.5, 0.6) is 5.75 Å². The molecule has 0 saturated heterocycles. The van der Waals surface area contributed by atoms with Crippen LogP contribution in [-0.4, -0.2) is 30.4 Å². The van der Waals surface area contributed by atoms with Crippen molar-refractivity contribution in [3.63, 3.8) is 0 Å². The molecule has 0 fully saturated rings. The minimum absolute atomic E-state index is 0.0664. The first-order chi connectivity index (χ1) is 8.93. The van der Waals surface area contributed by atoms with Crippen molar-refractivity contribution in [3.8, 4) is 5.75 Å². The molecule has 3 heteroatoms.